The lowest BCUT2D eigenvalue weighted by Gasteiger charge is -2.42. The maximum Gasteiger partial charge on any atom is 0.223 e. The quantitative estimate of drug-likeness (QED) is 0.837. The summed E-state index contributed by atoms with van der Waals surface area (Å²) in [7, 11) is 0. The summed E-state index contributed by atoms with van der Waals surface area (Å²) in [4.78, 5) is 16.1. The SMILES string of the molecule is Cl.Cl.NCCC(=O)N1CCN(C2CCC2)CC1. The molecule has 1 amide bonds. The van der Waals surface area contributed by atoms with Crippen LogP contribution in [0, 0.1) is 0 Å². The molecule has 1 aliphatic heterocycles. The van der Waals surface area contributed by atoms with Crippen LogP contribution in [-0.4, -0.2) is 54.5 Å². The summed E-state index contributed by atoms with van der Waals surface area (Å²) in [6.45, 7) is 4.38. The Bertz CT molecular complexity index is 229. The molecule has 17 heavy (non-hydrogen) atoms. The molecule has 2 N–H and O–H groups in total. The number of rotatable bonds is 3. The molecule has 102 valence electrons. The molecule has 2 rings (SSSR count). The second kappa shape index (κ2) is 8.14. The maximum atomic E-state index is 11.6. The van der Waals surface area contributed by atoms with Gasteiger partial charge in [0.05, 0.1) is 0 Å². The van der Waals surface area contributed by atoms with Crippen LogP contribution < -0.4 is 5.73 Å². The lowest BCUT2D eigenvalue weighted by atomic mass is 9.91. The van der Waals surface area contributed by atoms with Crippen molar-refractivity contribution in [3.63, 3.8) is 0 Å². The molecule has 2 fully saturated rings. The van der Waals surface area contributed by atoms with Crippen molar-refractivity contribution in [3.8, 4) is 0 Å². The molecule has 1 saturated heterocycles. The van der Waals surface area contributed by atoms with Crippen LogP contribution in [0.5, 0.6) is 0 Å². The van der Waals surface area contributed by atoms with Gasteiger partial charge < -0.3 is 10.6 Å². The van der Waals surface area contributed by atoms with Crippen LogP contribution in [0.15, 0.2) is 0 Å². The van der Waals surface area contributed by atoms with Gasteiger partial charge in [0.25, 0.3) is 0 Å². The van der Waals surface area contributed by atoms with E-state index in [-0.39, 0.29) is 30.7 Å². The highest BCUT2D eigenvalue weighted by Gasteiger charge is 2.28. The first-order chi connectivity index (χ1) is 7.31. The van der Waals surface area contributed by atoms with Crippen molar-refractivity contribution in [2.24, 2.45) is 5.73 Å². The fraction of sp³-hybridized carbons (Fsp3) is 0.909. The summed E-state index contributed by atoms with van der Waals surface area (Å²) in [6.07, 6.45) is 4.61. The van der Waals surface area contributed by atoms with E-state index in [0.29, 0.717) is 13.0 Å². The van der Waals surface area contributed by atoms with Crippen molar-refractivity contribution < 1.29 is 4.79 Å². The Balaban J connectivity index is 0.00000128. The molecule has 1 heterocycles. The number of hydrogen-bond acceptors (Lipinski definition) is 3. The van der Waals surface area contributed by atoms with E-state index in [2.05, 4.69) is 4.90 Å². The number of piperazine rings is 1. The molecule has 0 aromatic rings. The van der Waals surface area contributed by atoms with E-state index in [9.17, 15) is 4.79 Å². The van der Waals surface area contributed by atoms with E-state index in [0.717, 1.165) is 32.2 Å². The van der Waals surface area contributed by atoms with Gasteiger partial charge in [-0.05, 0) is 12.8 Å². The molecule has 0 spiro atoms. The van der Waals surface area contributed by atoms with Gasteiger partial charge in [0.15, 0.2) is 0 Å². The smallest absolute Gasteiger partial charge is 0.223 e. The van der Waals surface area contributed by atoms with E-state index in [1.54, 1.807) is 0 Å². The monoisotopic (exact) mass is 283 g/mol. The van der Waals surface area contributed by atoms with Crippen molar-refractivity contribution in [1.29, 1.82) is 0 Å². The molecule has 0 bridgehead atoms. The van der Waals surface area contributed by atoms with Crippen LogP contribution >= 0.6 is 24.8 Å². The fourth-order valence-corrected chi connectivity index (χ4v) is 2.37. The van der Waals surface area contributed by atoms with Gasteiger partial charge in [-0.15, -0.1) is 24.8 Å². The minimum absolute atomic E-state index is 0. The third-order valence-electron chi connectivity index (χ3n) is 3.62. The number of nitrogens with two attached hydrogens (primary N) is 1. The Morgan fingerprint density at radius 3 is 2.12 bits per heavy atom. The second-order valence-electron chi connectivity index (χ2n) is 4.54. The first kappa shape index (κ1) is 17.0. The van der Waals surface area contributed by atoms with Crippen LogP contribution in [0.3, 0.4) is 0 Å². The van der Waals surface area contributed by atoms with Gasteiger partial charge >= 0.3 is 0 Å². The molecule has 6 heteroatoms. The van der Waals surface area contributed by atoms with E-state index in [1.807, 2.05) is 4.90 Å². The first-order valence-corrected chi connectivity index (χ1v) is 6.03. The Hall–Kier alpha value is -0.0300. The molecule has 0 aromatic heterocycles. The Morgan fingerprint density at radius 1 is 1.12 bits per heavy atom. The molecule has 2 aliphatic rings. The fourth-order valence-electron chi connectivity index (χ4n) is 2.37. The average Bonchev–Trinajstić information content (AvgIpc) is 2.16. The molecule has 0 atom stereocenters. The molecule has 1 saturated carbocycles. The van der Waals surface area contributed by atoms with E-state index in [4.69, 9.17) is 5.73 Å². The van der Waals surface area contributed by atoms with Crippen LogP contribution in [0.1, 0.15) is 25.7 Å². The van der Waals surface area contributed by atoms with Gasteiger partial charge in [-0.1, -0.05) is 6.42 Å². The Labute approximate surface area is 116 Å². The number of halogens is 2. The molecule has 0 aromatic carbocycles. The highest BCUT2D eigenvalue weighted by Crippen LogP contribution is 2.25. The predicted molar refractivity (Wildman–Crippen MR) is 74.0 cm³/mol. The number of nitrogens with zero attached hydrogens (tertiary/aromatic N) is 2. The molecule has 0 radical (unpaired) electrons. The average molecular weight is 284 g/mol. The van der Waals surface area contributed by atoms with Gasteiger partial charge in [-0.3, -0.25) is 9.69 Å². The zero-order valence-corrected chi connectivity index (χ0v) is 11.8. The van der Waals surface area contributed by atoms with Crippen LogP contribution in [-0.2, 0) is 4.79 Å². The van der Waals surface area contributed by atoms with Crippen molar-refractivity contribution >= 4 is 30.7 Å². The van der Waals surface area contributed by atoms with Gasteiger partial charge in [0, 0.05) is 45.2 Å². The van der Waals surface area contributed by atoms with Crippen molar-refractivity contribution in [3.05, 3.63) is 0 Å². The zero-order chi connectivity index (χ0) is 10.7. The predicted octanol–water partition coefficient (Wildman–Crippen LogP) is 0.875. The van der Waals surface area contributed by atoms with Crippen LogP contribution in [0.2, 0.25) is 0 Å². The van der Waals surface area contributed by atoms with Crippen molar-refractivity contribution in [1.82, 2.24) is 9.80 Å². The summed E-state index contributed by atoms with van der Waals surface area (Å²) in [5.41, 5.74) is 5.38. The van der Waals surface area contributed by atoms with Gasteiger partial charge in [0.2, 0.25) is 5.91 Å². The zero-order valence-electron chi connectivity index (χ0n) is 10.1. The van der Waals surface area contributed by atoms with Crippen LogP contribution in [0.25, 0.3) is 0 Å². The molecular weight excluding hydrogens is 261 g/mol. The molecule has 0 unspecified atom stereocenters. The number of amides is 1. The molecular formula is C11H23Cl2N3O. The highest BCUT2D eigenvalue weighted by atomic mass is 35.5. The normalized spacial score (nSPS) is 21.1. The van der Waals surface area contributed by atoms with Crippen LogP contribution in [0.4, 0.5) is 0 Å². The van der Waals surface area contributed by atoms with Gasteiger partial charge in [-0.25, -0.2) is 0 Å². The van der Waals surface area contributed by atoms with Crippen molar-refractivity contribution in [2.75, 3.05) is 32.7 Å². The first-order valence-electron chi connectivity index (χ1n) is 6.03. The van der Waals surface area contributed by atoms with E-state index >= 15 is 0 Å². The lowest BCUT2D eigenvalue weighted by Crippen LogP contribution is -2.53. The number of carbonyl (C=O) groups excluding carboxylic acids is 1. The summed E-state index contributed by atoms with van der Waals surface area (Å²) >= 11 is 0. The largest absolute Gasteiger partial charge is 0.340 e. The minimum atomic E-state index is 0. The third-order valence-corrected chi connectivity index (χ3v) is 3.62. The minimum Gasteiger partial charge on any atom is -0.340 e. The van der Waals surface area contributed by atoms with E-state index < -0.39 is 0 Å². The number of carbonyl (C=O) groups is 1. The highest BCUT2D eigenvalue weighted by molar-refractivity contribution is 5.85. The summed E-state index contributed by atoms with van der Waals surface area (Å²) in [5.74, 6) is 0.228. The van der Waals surface area contributed by atoms with Gasteiger partial charge in [-0.2, -0.15) is 0 Å². The van der Waals surface area contributed by atoms with Crippen molar-refractivity contribution in [2.45, 2.75) is 31.7 Å². The topological polar surface area (TPSA) is 49.6 Å². The Kier molecular flexibility index (Phi) is 8.12. The summed E-state index contributed by atoms with van der Waals surface area (Å²) < 4.78 is 0. The van der Waals surface area contributed by atoms with E-state index in [1.165, 1.54) is 19.3 Å². The third kappa shape index (κ3) is 4.28. The lowest BCUT2D eigenvalue weighted by molar-refractivity contribution is -0.133. The standard InChI is InChI=1S/C11H21N3O.2ClH/c12-5-4-11(15)14-8-6-13(7-9-14)10-2-1-3-10;;/h10H,1-9,12H2;2*1H. The summed E-state index contributed by atoms with van der Waals surface area (Å²) in [5, 5.41) is 0. The molecule has 1 aliphatic carbocycles. The number of hydrogen-bond donors (Lipinski definition) is 1. The molecule has 4 nitrogen and oxygen atoms in total. The summed E-state index contributed by atoms with van der Waals surface area (Å²) in [6, 6.07) is 0.816. The van der Waals surface area contributed by atoms with Gasteiger partial charge in [0.1, 0.15) is 0 Å². The second-order valence-corrected chi connectivity index (χ2v) is 4.54. The maximum absolute atomic E-state index is 11.6. The Morgan fingerprint density at radius 2 is 1.71 bits per heavy atom.